The summed E-state index contributed by atoms with van der Waals surface area (Å²) in [6.07, 6.45) is 7.37. The summed E-state index contributed by atoms with van der Waals surface area (Å²) in [7, 11) is 0. The second kappa shape index (κ2) is 2.13. The molecular weight excluding hydrogens is 126 g/mol. The lowest BCUT2D eigenvalue weighted by molar-refractivity contribution is 0.132. The van der Waals surface area contributed by atoms with E-state index in [1.165, 1.54) is 0 Å². The lowest BCUT2D eigenvalue weighted by Gasteiger charge is -2.17. The molecule has 2 N–H and O–H groups in total. The van der Waals surface area contributed by atoms with Crippen LogP contribution in [0.15, 0.2) is 23.9 Å². The molecule has 2 nitrogen and oxygen atoms in total. The van der Waals surface area contributed by atoms with Crippen LogP contribution in [0.4, 0.5) is 0 Å². The van der Waals surface area contributed by atoms with Gasteiger partial charge in [0, 0.05) is 18.2 Å². The van der Waals surface area contributed by atoms with Gasteiger partial charge in [-0.2, -0.15) is 0 Å². The highest BCUT2D eigenvalue weighted by Crippen LogP contribution is 2.28. The van der Waals surface area contributed by atoms with Crippen LogP contribution in [0.5, 0.6) is 0 Å². The first kappa shape index (κ1) is 5.98. The highest BCUT2D eigenvalue weighted by Gasteiger charge is 2.29. The molecule has 0 radical (unpaired) electrons. The molecule has 1 heterocycles. The molecule has 0 spiro atoms. The van der Waals surface area contributed by atoms with Gasteiger partial charge in [-0.1, -0.05) is 12.2 Å². The minimum absolute atomic E-state index is 0.269. The van der Waals surface area contributed by atoms with Gasteiger partial charge in [0.15, 0.2) is 0 Å². The van der Waals surface area contributed by atoms with Gasteiger partial charge in [0.25, 0.3) is 0 Å². The Morgan fingerprint density at radius 1 is 1.60 bits per heavy atom. The lowest BCUT2D eigenvalue weighted by atomic mass is 9.94. The normalized spacial score (nSPS) is 37.4. The largest absolute Gasteiger partial charge is 0.402 e. The molecule has 0 bridgehead atoms. The van der Waals surface area contributed by atoms with Crippen LogP contribution >= 0.6 is 0 Å². The van der Waals surface area contributed by atoms with Crippen LogP contribution in [0.2, 0.25) is 0 Å². The van der Waals surface area contributed by atoms with E-state index in [1.54, 1.807) is 0 Å². The lowest BCUT2D eigenvalue weighted by Crippen LogP contribution is -2.22. The summed E-state index contributed by atoms with van der Waals surface area (Å²) < 4.78 is 5.42. The van der Waals surface area contributed by atoms with Gasteiger partial charge < -0.3 is 10.5 Å². The molecule has 0 aromatic heterocycles. The Hall–Kier alpha value is -0.760. The summed E-state index contributed by atoms with van der Waals surface area (Å²) in [5.74, 6) is 0.463. The van der Waals surface area contributed by atoms with Crippen LogP contribution in [-0.2, 0) is 4.74 Å². The summed E-state index contributed by atoms with van der Waals surface area (Å²) in [5.41, 5.74) is 6.73. The quantitative estimate of drug-likeness (QED) is 0.536. The molecule has 0 aromatic carbocycles. The molecule has 1 fully saturated rings. The Bertz CT molecular complexity index is 195. The fourth-order valence-corrected chi connectivity index (χ4v) is 1.56. The predicted octanol–water partition coefficient (Wildman–Crippen LogP) is 0.804. The van der Waals surface area contributed by atoms with Crippen molar-refractivity contribution in [2.45, 2.75) is 12.5 Å². The number of rotatable bonds is 0. The first-order valence-corrected chi connectivity index (χ1v) is 3.63. The van der Waals surface area contributed by atoms with E-state index in [-0.39, 0.29) is 6.10 Å². The third kappa shape index (κ3) is 0.762. The van der Waals surface area contributed by atoms with Gasteiger partial charge in [0.2, 0.25) is 0 Å². The molecule has 1 aliphatic heterocycles. The fourth-order valence-electron chi connectivity index (χ4n) is 1.56. The first-order chi connectivity index (χ1) is 4.88. The van der Waals surface area contributed by atoms with Crippen molar-refractivity contribution >= 4 is 0 Å². The van der Waals surface area contributed by atoms with Crippen LogP contribution in [0.3, 0.4) is 0 Å². The van der Waals surface area contributed by atoms with Gasteiger partial charge in [-0.15, -0.1) is 0 Å². The van der Waals surface area contributed by atoms with Crippen molar-refractivity contribution in [2.75, 3.05) is 6.61 Å². The second-order valence-corrected chi connectivity index (χ2v) is 2.78. The van der Waals surface area contributed by atoms with Crippen LogP contribution in [0, 0.1) is 5.92 Å². The Labute approximate surface area is 60.4 Å². The van der Waals surface area contributed by atoms with Crippen LogP contribution in [-0.4, -0.2) is 12.7 Å². The molecule has 10 heavy (non-hydrogen) atoms. The Kier molecular flexibility index (Phi) is 1.27. The zero-order valence-corrected chi connectivity index (χ0v) is 5.79. The SMILES string of the molecule is NC1=CC=CC2OCCC12. The predicted molar refractivity (Wildman–Crippen MR) is 39.3 cm³/mol. The summed E-state index contributed by atoms with van der Waals surface area (Å²) in [5, 5.41) is 0. The van der Waals surface area contributed by atoms with Gasteiger partial charge in [0.1, 0.15) is 0 Å². The van der Waals surface area contributed by atoms with Crippen LogP contribution in [0.25, 0.3) is 0 Å². The van der Waals surface area contributed by atoms with Gasteiger partial charge in [-0.25, -0.2) is 0 Å². The molecule has 2 unspecified atom stereocenters. The minimum atomic E-state index is 0.269. The average molecular weight is 137 g/mol. The van der Waals surface area contributed by atoms with Crippen molar-refractivity contribution < 1.29 is 4.74 Å². The molecule has 2 aliphatic rings. The zero-order chi connectivity index (χ0) is 6.97. The number of nitrogens with two attached hydrogens (primary N) is 1. The maximum atomic E-state index is 5.75. The van der Waals surface area contributed by atoms with Crippen molar-refractivity contribution in [3.8, 4) is 0 Å². The molecule has 2 heteroatoms. The standard InChI is InChI=1S/C8H11NO/c9-7-2-1-3-8-6(7)4-5-10-8/h1-3,6,8H,4-5,9H2. The summed E-state index contributed by atoms with van der Waals surface area (Å²) in [6.45, 7) is 0.855. The molecule has 0 aromatic rings. The van der Waals surface area contributed by atoms with E-state index >= 15 is 0 Å². The minimum Gasteiger partial charge on any atom is -0.402 e. The van der Waals surface area contributed by atoms with E-state index in [0.717, 1.165) is 18.7 Å². The molecule has 1 saturated heterocycles. The highest BCUT2D eigenvalue weighted by atomic mass is 16.5. The zero-order valence-electron chi connectivity index (χ0n) is 5.79. The molecule has 2 rings (SSSR count). The molecule has 54 valence electrons. The molecule has 0 amide bonds. The third-order valence-corrected chi connectivity index (χ3v) is 2.15. The number of hydrogen-bond acceptors (Lipinski definition) is 2. The van der Waals surface area contributed by atoms with E-state index in [9.17, 15) is 0 Å². The van der Waals surface area contributed by atoms with Gasteiger partial charge >= 0.3 is 0 Å². The first-order valence-electron chi connectivity index (χ1n) is 3.63. The van der Waals surface area contributed by atoms with E-state index in [1.807, 2.05) is 12.2 Å². The van der Waals surface area contributed by atoms with E-state index in [0.29, 0.717) is 5.92 Å². The topological polar surface area (TPSA) is 35.2 Å². The van der Waals surface area contributed by atoms with E-state index in [2.05, 4.69) is 6.08 Å². The highest BCUT2D eigenvalue weighted by molar-refractivity contribution is 5.23. The van der Waals surface area contributed by atoms with Crippen molar-refractivity contribution in [3.05, 3.63) is 23.9 Å². The monoisotopic (exact) mass is 137 g/mol. The number of ether oxygens (including phenoxy) is 1. The van der Waals surface area contributed by atoms with Crippen molar-refractivity contribution in [1.82, 2.24) is 0 Å². The average Bonchev–Trinajstić information content (AvgIpc) is 2.36. The van der Waals surface area contributed by atoms with Gasteiger partial charge in [-0.3, -0.25) is 0 Å². The fraction of sp³-hybridized carbons (Fsp3) is 0.500. The van der Waals surface area contributed by atoms with Crippen molar-refractivity contribution in [3.63, 3.8) is 0 Å². The molecule has 1 aliphatic carbocycles. The smallest absolute Gasteiger partial charge is 0.0842 e. The number of fused-ring (bicyclic) bond motifs is 1. The van der Waals surface area contributed by atoms with Crippen molar-refractivity contribution in [1.29, 1.82) is 0 Å². The maximum absolute atomic E-state index is 5.75. The Morgan fingerprint density at radius 2 is 2.50 bits per heavy atom. The second-order valence-electron chi connectivity index (χ2n) is 2.78. The van der Waals surface area contributed by atoms with Crippen LogP contribution < -0.4 is 5.73 Å². The van der Waals surface area contributed by atoms with Crippen LogP contribution in [0.1, 0.15) is 6.42 Å². The van der Waals surface area contributed by atoms with E-state index < -0.39 is 0 Å². The summed E-state index contributed by atoms with van der Waals surface area (Å²) in [6, 6.07) is 0. The maximum Gasteiger partial charge on any atom is 0.0842 e. The molecule has 0 saturated carbocycles. The van der Waals surface area contributed by atoms with Crippen molar-refractivity contribution in [2.24, 2.45) is 11.7 Å². The van der Waals surface area contributed by atoms with Gasteiger partial charge in [-0.05, 0) is 12.5 Å². The Balaban J connectivity index is 2.24. The third-order valence-electron chi connectivity index (χ3n) is 2.15. The molecular formula is C8H11NO. The van der Waals surface area contributed by atoms with E-state index in [4.69, 9.17) is 10.5 Å². The van der Waals surface area contributed by atoms with Gasteiger partial charge in [0.05, 0.1) is 6.10 Å². The Morgan fingerprint density at radius 3 is 3.30 bits per heavy atom. The summed E-state index contributed by atoms with van der Waals surface area (Å²) in [4.78, 5) is 0. The molecule has 2 atom stereocenters. The number of allylic oxidation sites excluding steroid dienone is 2. The number of hydrogen-bond donors (Lipinski definition) is 1. The summed E-state index contributed by atoms with van der Waals surface area (Å²) >= 11 is 0.